The van der Waals surface area contributed by atoms with Gasteiger partial charge in [-0.05, 0) is 13.3 Å². The fraction of sp³-hybridized carbons (Fsp3) is 0.800. The van der Waals surface area contributed by atoms with Crippen LogP contribution in [0.5, 0.6) is 0 Å². The van der Waals surface area contributed by atoms with E-state index in [1.54, 1.807) is 20.9 Å². The SMILES string of the molecule is CCN(C)C(=O)C(=O)C(C)(C)CC. The first-order valence-corrected chi connectivity index (χ1v) is 4.66. The lowest BCUT2D eigenvalue weighted by Gasteiger charge is -2.23. The molecule has 0 N–H and O–H groups in total. The lowest BCUT2D eigenvalue weighted by Crippen LogP contribution is -2.40. The summed E-state index contributed by atoms with van der Waals surface area (Å²) in [5, 5.41) is 0. The Morgan fingerprint density at radius 2 is 1.69 bits per heavy atom. The third-order valence-corrected chi connectivity index (χ3v) is 2.51. The smallest absolute Gasteiger partial charge is 0.290 e. The maximum Gasteiger partial charge on any atom is 0.290 e. The average Bonchev–Trinajstić information content (AvgIpc) is 2.14. The van der Waals surface area contributed by atoms with Crippen LogP contribution in [0.2, 0.25) is 0 Å². The molecule has 0 aliphatic carbocycles. The van der Waals surface area contributed by atoms with Gasteiger partial charge in [-0.15, -0.1) is 0 Å². The van der Waals surface area contributed by atoms with Crippen LogP contribution in [0.1, 0.15) is 34.1 Å². The molecule has 13 heavy (non-hydrogen) atoms. The Hall–Kier alpha value is -0.860. The van der Waals surface area contributed by atoms with Gasteiger partial charge in [0.1, 0.15) is 0 Å². The molecule has 0 atom stereocenters. The second-order valence-electron chi connectivity index (χ2n) is 3.89. The second kappa shape index (κ2) is 4.40. The van der Waals surface area contributed by atoms with Crippen LogP contribution >= 0.6 is 0 Å². The highest BCUT2D eigenvalue weighted by Crippen LogP contribution is 2.21. The Balaban J connectivity index is 4.52. The summed E-state index contributed by atoms with van der Waals surface area (Å²) in [6.07, 6.45) is 0.690. The zero-order valence-electron chi connectivity index (χ0n) is 9.18. The number of amides is 1. The normalized spacial score (nSPS) is 11.2. The first-order chi connectivity index (χ1) is 5.86. The Morgan fingerprint density at radius 3 is 2.00 bits per heavy atom. The molecule has 0 saturated carbocycles. The molecule has 0 heterocycles. The van der Waals surface area contributed by atoms with Crippen molar-refractivity contribution < 1.29 is 9.59 Å². The zero-order chi connectivity index (χ0) is 10.6. The number of likely N-dealkylation sites (N-methyl/N-ethyl adjacent to an activating group) is 1. The van der Waals surface area contributed by atoms with Crippen molar-refractivity contribution >= 4 is 11.7 Å². The van der Waals surface area contributed by atoms with E-state index in [2.05, 4.69) is 0 Å². The lowest BCUT2D eigenvalue weighted by molar-refractivity contribution is -0.148. The third-order valence-electron chi connectivity index (χ3n) is 2.51. The molecule has 0 aromatic heterocycles. The van der Waals surface area contributed by atoms with E-state index in [-0.39, 0.29) is 11.7 Å². The van der Waals surface area contributed by atoms with Gasteiger partial charge in [0.05, 0.1) is 0 Å². The van der Waals surface area contributed by atoms with Crippen molar-refractivity contribution in [2.45, 2.75) is 34.1 Å². The number of hydrogen-bond donors (Lipinski definition) is 0. The van der Waals surface area contributed by atoms with Crippen LogP contribution < -0.4 is 0 Å². The van der Waals surface area contributed by atoms with Crippen molar-refractivity contribution in [3.05, 3.63) is 0 Å². The van der Waals surface area contributed by atoms with Gasteiger partial charge in [0.2, 0.25) is 5.78 Å². The van der Waals surface area contributed by atoms with Gasteiger partial charge in [0.15, 0.2) is 0 Å². The number of Topliss-reactive ketones (excluding diaryl/α,β-unsaturated/α-hetero) is 1. The highest BCUT2D eigenvalue weighted by Gasteiger charge is 2.32. The van der Waals surface area contributed by atoms with E-state index in [1.165, 1.54) is 4.90 Å². The molecule has 0 aromatic carbocycles. The molecule has 1 amide bonds. The first-order valence-electron chi connectivity index (χ1n) is 4.66. The minimum atomic E-state index is -0.527. The van der Waals surface area contributed by atoms with Crippen LogP contribution in [0.15, 0.2) is 0 Å². The number of nitrogens with zero attached hydrogens (tertiary/aromatic N) is 1. The Morgan fingerprint density at radius 1 is 1.23 bits per heavy atom. The Bertz CT molecular complexity index is 209. The number of carbonyl (C=O) groups is 2. The number of ketones is 1. The van der Waals surface area contributed by atoms with Crippen molar-refractivity contribution in [3.63, 3.8) is 0 Å². The summed E-state index contributed by atoms with van der Waals surface area (Å²) in [5.74, 6) is -0.672. The number of hydrogen-bond acceptors (Lipinski definition) is 2. The highest BCUT2D eigenvalue weighted by atomic mass is 16.2. The van der Waals surface area contributed by atoms with E-state index in [1.807, 2.05) is 13.8 Å². The van der Waals surface area contributed by atoms with Crippen LogP contribution in [-0.2, 0) is 9.59 Å². The van der Waals surface area contributed by atoms with E-state index in [0.717, 1.165) is 0 Å². The molecule has 0 fully saturated rings. The Labute approximate surface area is 80.1 Å². The summed E-state index contributed by atoms with van der Waals surface area (Å²) >= 11 is 0. The summed E-state index contributed by atoms with van der Waals surface area (Å²) in [4.78, 5) is 24.5. The van der Waals surface area contributed by atoms with E-state index < -0.39 is 5.41 Å². The van der Waals surface area contributed by atoms with Crippen LogP contribution in [-0.4, -0.2) is 30.2 Å². The van der Waals surface area contributed by atoms with Gasteiger partial charge in [-0.1, -0.05) is 20.8 Å². The molecule has 3 nitrogen and oxygen atoms in total. The van der Waals surface area contributed by atoms with Gasteiger partial charge in [0.25, 0.3) is 5.91 Å². The van der Waals surface area contributed by atoms with Gasteiger partial charge in [0, 0.05) is 19.0 Å². The van der Waals surface area contributed by atoms with E-state index in [4.69, 9.17) is 0 Å². The molecule has 0 bridgehead atoms. The first kappa shape index (κ1) is 12.1. The topological polar surface area (TPSA) is 37.4 Å². The molecule has 3 heteroatoms. The standard InChI is InChI=1S/C10H19NO2/c1-6-10(3,4)8(12)9(13)11(5)7-2/h6-7H2,1-5H3. The molecule has 76 valence electrons. The summed E-state index contributed by atoms with van der Waals surface area (Å²) in [6, 6.07) is 0. The predicted molar refractivity (Wildman–Crippen MR) is 52.4 cm³/mol. The fourth-order valence-electron chi connectivity index (χ4n) is 0.767. The van der Waals surface area contributed by atoms with Crippen molar-refractivity contribution in [2.75, 3.05) is 13.6 Å². The molecule has 0 aliphatic rings. The van der Waals surface area contributed by atoms with Crippen molar-refractivity contribution in [2.24, 2.45) is 5.41 Å². The van der Waals surface area contributed by atoms with Crippen molar-refractivity contribution in [1.82, 2.24) is 4.90 Å². The highest BCUT2D eigenvalue weighted by molar-refractivity contribution is 6.37. The molecule has 0 aromatic rings. The molecular weight excluding hydrogens is 166 g/mol. The molecule has 0 saturated heterocycles. The second-order valence-corrected chi connectivity index (χ2v) is 3.89. The van der Waals surface area contributed by atoms with E-state index in [0.29, 0.717) is 13.0 Å². The van der Waals surface area contributed by atoms with Crippen molar-refractivity contribution in [3.8, 4) is 0 Å². The minimum Gasteiger partial charge on any atom is -0.339 e. The lowest BCUT2D eigenvalue weighted by atomic mass is 9.85. The van der Waals surface area contributed by atoms with Crippen LogP contribution in [0, 0.1) is 5.41 Å². The van der Waals surface area contributed by atoms with Crippen molar-refractivity contribution in [1.29, 1.82) is 0 Å². The summed E-state index contributed by atoms with van der Waals surface area (Å²) in [6.45, 7) is 7.94. The predicted octanol–water partition coefficient (Wildman–Crippen LogP) is 1.47. The van der Waals surface area contributed by atoms with Gasteiger partial charge >= 0.3 is 0 Å². The molecular formula is C10H19NO2. The molecule has 0 spiro atoms. The number of carbonyl (C=O) groups excluding carboxylic acids is 2. The fourth-order valence-corrected chi connectivity index (χ4v) is 0.767. The summed E-state index contributed by atoms with van der Waals surface area (Å²) < 4.78 is 0. The van der Waals surface area contributed by atoms with Gasteiger partial charge in [-0.2, -0.15) is 0 Å². The molecule has 0 aliphatic heterocycles. The zero-order valence-corrected chi connectivity index (χ0v) is 9.18. The molecule has 0 rings (SSSR count). The third kappa shape index (κ3) is 2.83. The summed E-state index contributed by atoms with van der Waals surface area (Å²) in [7, 11) is 1.64. The van der Waals surface area contributed by atoms with Crippen LogP contribution in [0.25, 0.3) is 0 Å². The van der Waals surface area contributed by atoms with Crippen LogP contribution in [0.3, 0.4) is 0 Å². The van der Waals surface area contributed by atoms with Crippen LogP contribution in [0.4, 0.5) is 0 Å². The van der Waals surface area contributed by atoms with E-state index in [9.17, 15) is 9.59 Å². The van der Waals surface area contributed by atoms with Gasteiger partial charge in [-0.3, -0.25) is 9.59 Å². The monoisotopic (exact) mass is 185 g/mol. The number of rotatable bonds is 4. The largest absolute Gasteiger partial charge is 0.339 e. The van der Waals surface area contributed by atoms with E-state index >= 15 is 0 Å². The quantitative estimate of drug-likeness (QED) is 0.622. The minimum absolute atomic E-state index is 0.292. The van der Waals surface area contributed by atoms with Gasteiger partial charge in [-0.25, -0.2) is 0 Å². The molecule has 0 unspecified atom stereocenters. The maximum absolute atomic E-state index is 11.6. The molecule has 0 radical (unpaired) electrons. The summed E-state index contributed by atoms with van der Waals surface area (Å²) in [5.41, 5.74) is -0.527. The maximum atomic E-state index is 11.6. The van der Waals surface area contributed by atoms with Gasteiger partial charge < -0.3 is 4.90 Å². The average molecular weight is 185 g/mol. The Kier molecular flexibility index (Phi) is 4.11.